The van der Waals surface area contributed by atoms with Crippen molar-refractivity contribution in [3.63, 3.8) is 0 Å². The second kappa shape index (κ2) is 3.73. The molecule has 0 spiro atoms. The molecule has 4 rings (SSSR count). The number of aryl methyl sites for hydroxylation is 1. The second-order valence-corrected chi connectivity index (χ2v) is 4.47. The van der Waals surface area contributed by atoms with E-state index in [0.29, 0.717) is 5.65 Å². The van der Waals surface area contributed by atoms with E-state index in [0.717, 1.165) is 22.3 Å². The van der Waals surface area contributed by atoms with E-state index in [1.54, 1.807) is 21.6 Å². The zero-order chi connectivity index (χ0) is 13.7. The molecular formula is C12H10N8. The van der Waals surface area contributed by atoms with Gasteiger partial charge in [-0.05, 0) is 18.6 Å². The minimum absolute atomic E-state index is 0.221. The van der Waals surface area contributed by atoms with E-state index in [1.807, 2.05) is 19.2 Å². The lowest BCUT2D eigenvalue weighted by atomic mass is 10.2. The number of nitrogen functional groups attached to an aromatic ring is 1. The fourth-order valence-electron chi connectivity index (χ4n) is 2.18. The predicted octanol–water partition coefficient (Wildman–Crippen LogP) is 0.749. The summed E-state index contributed by atoms with van der Waals surface area (Å²) in [5.74, 6) is 0.221. The van der Waals surface area contributed by atoms with Crippen molar-refractivity contribution in [1.82, 2.24) is 34.3 Å². The van der Waals surface area contributed by atoms with Crippen LogP contribution in [0.4, 0.5) is 5.95 Å². The molecule has 0 atom stereocenters. The first-order chi connectivity index (χ1) is 9.72. The highest BCUT2D eigenvalue weighted by Gasteiger charge is 2.11. The summed E-state index contributed by atoms with van der Waals surface area (Å²) in [7, 11) is 0. The molecule has 8 nitrogen and oxygen atoms in total. The highest BCUT2D eigenvalue weighted by molar-refractivity contribution is 5.76. The Morgan fingerprint density at radius 1 is 1.15 bits per heavy atom. The molecule has 0 aliphatic rings. The van der Waals surface area contributed by atoms with Crippen LogP contribution in [0.5, 0.6) is 0 Å². The van der Waals surface area contributed by atoms with Crippen LogP contribution in [0.15, 0.2) is 31.0 Å². The predicted molar refractivity (Wildman–Crippen MR) is 72.4 cm³/mol. The lowest BCUT2D eigenvalue weighted by Crippen LogP contribution is -2.04. The van der Waals surface area contributed by atoms with Crippen LogP contribution in [0.3, 0.4) is 0 Å². The zero-order valence-electron chi connectivity index (χ0n) is 10.6. The van der Waals surface area contributed by atoms with Gasteiger partial charge in [-0.15, -0.1) is 0 Å². The van der Waals surface area contributed by atoms with E-state index in [2.05, 4.69) is 25.1 Å². The molecule has 4 aromatic heterocycles. The molecule has 0 fully saturated rings. The third-order valence-electron chi connectivity index (χ3n) is 3.15. The van der Waals surface area contributed by atoms with E-state index in [4.69, 9.17) is 5.73 Å². The first-order valence-electron chi connectivity index (χ1n) is 5.99. The molecule has 2 N–H and O–H groups in total. The molecule has 0 saturated carbocycles. The smallest absolute Gasteiger partial charge is 0.222 e. The second-order valence-electron chi connectivity index (χ2n) is 4.47. The molecule has 0 bridgehead atoms. The lowest BCUT2D eigenvalue weighted by Gasteiger charge is -2.07. The molecule has 0 aliphatic carbocycles. The first kappa shape index (κ1) is 10.9. The Hall–Kier alpha value is -3.03. The monoisotopic (exact) mass is 266 g/mol. The van der Waals surface area contributed by atoms with Crippen molar-refractivity contribution in [2.75, 3.05) is 5.73 Å². The van der Waals surface area contributed by atoms with Crippen LogP contribution in [0, 0.1) is 6.92 Å². The fraction of sp³-hybridized carbons (Fsp3) is 0.0833. The average molecular weight is 266 g/mol. The minimum Gasteiger partial charge on any atom is -0.368 e. The Morgan fingerprint density at radius 3 is 2.95 bits per heavy atom. The molecular weight excluding hydrogens is 256 g/mol. The zero-order valence-corrected chi connectivity index (χ0v) is 10.6. The largest absolute Gasteiger partial charge is 0.368 e. The Morgan fingerprint density at radius 2 is 2.05 bits per heavy atom. The molecule has 0 saturated heterocycles. The summed E-state index contributed by atoms with van der Waals surface area (Å²) in [5, 5.41) is 9.32. The van der Waals surface area contributed by atoms with Gasteiger partial charge in [-0.1, -0.05) is 0 Å². The van der Waals surface area contributed by atoms with Crippen LogP contribution in [-0.2, 0) is 0 Å². The number of nitrogens with two attached hydrogens (primary N) is 1. The maximum Gasteiger partial charge on any atom is 0.222 e. The molecule has 4 heterocycles. The van der Waals surface area contributed by atoms with Crippen LogP contribution >= 0.6 is 0 Å². The van der Waals surface area contributed by atoms with E-state index < -0.39 is 0 Å². The summed E-state index contributed by atoms with van der Waals surface area (Å²) in [4.78, 5) is 12.4. The van der Waals surface area contributed by atoms with Crippen LogP contribution < -0.4 is 5.73 Å². The van der Waals surface area contributed by atoms with Gasteiger partial charge in [0.2, 0.25) is 5.95 Å². The van der Waals surface area contributed by atoms with Crippen molar-refractivity contribution in [3.05, 3.63) is 36.5 Å². The van der Waals surface area contributed by atoms with Crippen LogP contribution in [0.2, 0.25) is 0 Å². The number of aromatic nitrogens is 7. The Bertz CT molecular complexity index is 935. The van der Waals surface area contributed by atoms with Crippen LogP contribution in [-0.4, -0.2) is 34.3 Å². The van der Waals surface area contributed by atoms with Gasteiger partial charge in [-0.25, -0.2) is 19.2 Å². The maximum atomic E-state index is 5.65. The molecule has 0 aliphatic heterocycles. The van der Waals surface area contributed by atoms with Gasteiger partial charge in [0, 0.05) is 6.20 Å². The van der Waals surface area contributed by atoms with E-state index in [1.165, 1.54) is 6.33 Å². The standard InChI is InChI=1S/C12H10N8/c1-7-2-10-15-6-17-19(10)5-9(7)20-11-8(4-16-20)3-14-12(13)18-11/h2-6H,1H3,(H2,13,14,18). The van der Waals surface area contributed by atoms with E-state index in [9.17, 15) is 0 Å². The van der Waals surface area contributed by atoms with Gasteiger partial charge in [-0.3, -0.25) is 0 Å². The Balaban J connectivity index is 2.04. The molecule has 4 aromatic rings. The van der Waals surface area contributed by atoms with Gasteiger partial charge in [-0.2, -0.15) is 15.2 Å². The van der Waals surface area contributed by atoms with Gasteiger partial charge in [0.25, 0.3) is 0 Å². The van der Waals surface area contributed by atoms with Gasteiger partial charge >= 0.3 is 0 Å². The van der Waals surface area contributed by atoms with Crippen molar-refractivity contribution in [2.45, 2.75) is 6.92 Å². The summed E-state index contributed by atoms with van der Waals surface area (Å²) < 4.78 is 3.42. The van der Waals surface area contributed by atoms with Crippen molar-refractivity contribution < 1.29 is 0 Å². The fourth-order valence-corrected chi connectivity index (χ4v) is 2.18. The normalized spacial score (nSPS) is 11.4. The molecule has 20 heavy (non-hydrogen) atoms. The SMILES string of the molecule is Cc1cc2ncnn2cc1-n1ncc2cnc(N)nc21. The third kappa shape index (κ3) is 1.44. The maximum absolute atomic E-state index is 5.65. The summed E-state index contributed by atoms with van der Waals surface area (Å²) in [6.45, 7) is 1.99. The van der Waals surface area contributed by atoms with Crippen LogP contribution in [0.25, 0.3) is 22.4 Å². The number of pyridine rings is 1. The molecule has 0 amide bonds. The van der Waals surface area contributed by atoms with Crippen LogP contribution in [0.1, 0.15) is 5.56 Å². The summed E-state index contributed by atoms with van der Waals surface area (Å²) in [5.41, 5.74) is 9.00. The molecule has 0 radical (unpaired) electrons. The van der Waals surface area contributed by atoms with Crippen molar-refractivity contribution in [2.24, 2.45) is 0 Å². The van der Waals surface area contributed by atoms with E-state index >= 15 is 0 Å². The van der Waals surface area contributed by atoms with Crippen molar-refractivity contribution in [1.29, 1.82) is 0 Å². The number of hydrogen-bond donors (Lipinski definition) is 1. The highest BCUT2D eigenvalue weighted by Crippen LogP contribution is 2.20. The molecule has 98 valence electrons. The third-order valence-corrected chi connectivity index (χ3v) is 3.15. The van der Waals surface area contributed by atoms with Gasteiger partial charge in [0.05, 0.1) is 23.5 Å². The van der Waals surface area contributed by atoms with E-state index in [-0.39, 0.29) is 5.95 Å². The quantitative estimate of drug-likeness (QED) is 0.545. The number of rotatable bonds is 1. The van der Waals surface area contributed by atoms with Gasteiger partial charge < -0.3 is 5.73 Å². The Labute approximate surface area is 112 Å². The van der Waals surface area contributed by atoms with Crippen molar-refractivity contribution in [3.8, 4) is 5.69 Å². The number of anilines is 1. The molecule has 8 heteroatoms. The van der Waals surface area contributed by atoms with Gasteiger partial charge in [0.1, 0.15) is 6.33 Å². The number of nitrogens with zero attached hydrogens (tertiary/aromatic N) is 7. The topological polar surface area (TPSA) is 99.8 Å². The molecule has 0 unspecified atom stereocenters. The number of hydrogen-bond acceptors (Lipinski definition) is 6. The summed E-state index contributed by atoms with van der Waals surface area (Å²) >= 11 is 0. The summed E-state index contributed by atoms with van der Waals surface area (Å²) in [6.07, 6.45) is 6.74. The highest BCUT2D eigenvalue weighted by atomic mass is 15.3. The summed E-state index contributed by atoms with van der Waals surface area (Å²) in [6, 6.07) is 1.94. The lowest BCUT2D eigenvalue weighted by molar-refractivity contribution is 0.858. The molecule has 0 aromatic carbocycles. The first-order valence-corrected chi connectivity index (χ1v) is 5.99. The number of fused-ring (bicyclic) bond motifs is 2. The minimum atomic E-state index is 0.221. The van der Waals surface area contributed by atoms with Crippen molar-refractivity contribution >= 4 is 22.6 Å². The average Bonchev–Trinajstić information content (AvgIpc) is 3.03. The Kier molecular flexibility index (Phi) is 2.02. The van der Waals surface area contributed by atoms with Gasteiger partial charge in [0.15, 0.2) is 11.3 Å².